The van der Waals surface area contributed by atoms with Gasteiger partial charge in [0.25, 0.3) is 0 Å². The van der Waals surface area contributed by atoms with Crippen LogP contribution in [-0.2, 0) is 6.54 Å². The first-order chi connectivity index (χ1) is 12.7. The van der Waals surface area contributed by atoms with Crippen LogP contribution in [0.25, 0.3) is 11.4 Å². The van der Waals surface area contributed by atoms with E-state index in [1.54, 1.807) is 17.3 Å². The number of amides is 2. The molecule has 0 bridgehead atoms. The van der Waals surface area contributed by atoms with Crippen LogP contribution in [0, 0.1) is 6.92 Å². The Morgan fingerprint density at radius 2 is 2.27 bits per heavy atom. The molecule has 0 radical (unpaired) electrons. The number of aromatic amines is 1. The number of carbonyl (C=O) groups excluding carboxylic acids is 1. The highest BCUT2D eigenvalue weighted by Gasteiger charge is 2.32. The first-order valence-electron chi connectivity index (χ1n) is 8.50. The van der Waals surface area contributed by atoms with E-state index in [2.05, 4.69) is 30.6 Å². The number of hydrogen-bond acceptors (Lipinski definition) is 6. The van der Waals surface area contributed by atoms with Crippen molar-refractivity contribution in [1.29, 1.82) is 0 Å². The number of aryl methyl sites for hydroxylation is 1. The van der Waals surface area contributed by atoms with E-state index in [0.717, 1.165) is 29.9 Å². The number of aromatic nitrogens is 5. The van der Waals surface area contributed by atoms with E-state index < -0.39 is 0 Å². The molecule has 4 heterocycles. The van der Waals surface area contributed by atoms with Crippen molar-refractivity contribution in [3.05, 3.63) is 47.9 Å². The monoisotopic (exact) mass is 353 g/mol. The van der Waals surface area contributed by atoms with Gasteiger partial charge in [0, 0.05) is 30.6 Å². The minimum absolute atomic E-state index is 0.0710. The van der Waals surface area contributed by atoms with E-state index in [4.69, 9.17) is 4.52 Å². The highest BCUT2D eigenvalue weighted by Crippen LogP contribution is 2.32. The molecular weight excluding hydrogens is 334 g/mol. The first-order valence-corrected chi connectivity index (χ1v) is 8.50. The van der Waals surface area contributed by atoms with E-state index in [0.29, 0.717) is 18.2 Å². The lowest BCUT2D eigenvalue weighted by atomic mass is 10.1. The Kier molecular flexibility index (Phi) is 4.34. The number of urea groups is 1. The summed E-state index contributed by atoms with van der Waals surface area (Å²) in [5, 5.41) is 13.8. The number of pyridine rings is 1. The Bertz CT molecular complexity index is 889. The lowest BCUT2D eigenvalue weighted by Crippen LogP contribution is -2.39. The Morgan fingerprint density at radius 1 is 1.42 bits per heavy atom. The van der Waals surface area contributed by atoms with Gasteiger partial charge in [-0.25, -0.2) is 9.78 Å². The smallest absolute Gasteiger partial charge is 0.318 e. The molecule has 1 aliphatic heterocycles. The molecule has 1 atom stereocenters. The molecule has 1 unspecified atom stereocenters. The second-order valence-electron chi connectivity index (χ2n) is 6.22. The summed E-state index contributed by atoms with van der Waals surface area (Å²) in [6.07, 6.45) is 5.18. The van der Waals surface area contributed by atoms with Gasteiger partial charge in [0.15, 0.2) is 11.6 Å². The van der Waals surface area contributed by atoms with Crippen LogP contribution in [0.2, 0.25) is 0 Å². The molecule has 3 aromatic heterocycles. The normalized spacial score (nSPS) is 16.8. The zero-order valence-electron chi connectivity index (χ0n) is 14.3. The van der Waals surface area contributed by atoms with Gasteiger partial charge in [0.05, 0.1) is 18.3 Å². The first kappa shape index (κ1) is 16.2. The highest BCUT2D eigenvalue weighted by atomic mass is 16.5. The molecule has 26 heavy (non-hydrogen) atoms. The maximum absolute atomic E-state index is 12.6. The summed E-state index contributed by atoms with van der Waals surface area (Å²) >= 11 is 0. The van der Waals surface area contributed by atoms with Crippen LogP contribution in [0.1, 0.15) is 36.2 Å². The Balaban J connectivity index is 1.39. The maximum atomic E-state index is 12.6. The van der Waals surface area contributed by atoms with Crippen LogP contribution in [0.4, 0.5) is 4.79 Å². The van der Waals surface area contributed by atoms with Gasteiger partial charge >= 0.3 is 6.03 Å². The average molecular weight is 353 g/mol. The molecule has 0 saturated carbocycles. The molecule has 9 heteroatoms. The van der Waals surface area contributed by atoms with Gasteiger partial charge in [-0.15, -0.1) is 0 Å². The fourth-order valence-electron chi connectivity index (χ4n) is 3.11. The molecule has 1 saturated heterocycles. The van der Waals surface area contributed by atoms with Crippen LogP contribution in [-0.4, -0.2) is 42.8 Å². The maximum Gasteiger partial charge on any atom is 0.318 e. The van der Waals surface area contributed by atoms with Gasteiger partial charge in [-0.05, 0) is 31.9 Å². The fourth-order valence-corrected chi connectivity index (χ4v) is 3.11. The number of rotatable bonds is 4. The molecule has 2 N–H and O–H groups in total. The van der Waals surface area contributed by atoms with Gasteiger partial charge in [-0.1, -0.05) is 5.16 Å². The third-order valence-electron chi connectivity index (χ3n) is 4.37. The third-order valence-corrected chi connectivity index (χ3v) is 4.37. The van der Waals surface area contributed by atoms with Crippen molar-refractivity contribution in [2.75, 3.05) is 6.54 Å². The number of nitrogens with one attached hydrogen (secondary N) is 2. The summed E-state index contributed by atoms with van der Waals surface area (Å²) in [7, 11) is 0. The summed E-state index contributed by atoms with van der Waals surface area (Å²) in [6, 6.07) is 5.33. The van der Waals surface area contributed by atoms with E-state index in [1.165, 1.54) is 0 Å². The summed E-state index contributed by atoms with van der Waals surface area (Å²) in [6.45, 7) is 2.83. The van der Waals surface area contributed by atoms with E-state index in [-0.39, 0.29) is 18.6 Å². The van der Waals surface area contributed by atoms with Crippen LogP contribution >= 0.6 is 0 Å². The van der Waals surface area contributed by atoms with Crippen molar-refractivity contribution in [2.45, 2.75) is 32.4 Å². The van der Waals surface area contributed by atoms with Gasteiger partial charge < -0.3 is 14.7 Å². The Labute approximate surface area is 149 Å². The van der Waals surface area contributed by atoms with Gasteiger partial charge in [-0.3, -0.25) is 10.1 Å². The van der Waals surface area contributed by atoms with Gasteiger partial charge in [-0.2, -0.15) is 5.10 Å². The molecule has 9 nitrogen and oxygen atoms in total. The van der Waals surface area contributed by atoms with Crippen LogP contribution in [0.15, 0.2) is 35.1 Å². The molecule has 0 spiro atoms. The summed E-state index contributed by atoms with van der Waals surface area (Å²) < 4.78 is 5.34. The molecule has 1 fully saturated rings. The number of likely N-dealkylation sites (tertiary alicyclic amines) is 1. The molecule has 3 aromatic rings. The van der Waals surface area contributed by atoms with Gasteiger partial charge in [0.1, 0.15) is 5.82 Å². The zero-order valence-corrected chi connectivity index (χ0v) is 14.3. The molecule has 4 rings (SSSR count). The average Bonchev–Trinajstić information content (AvgIpc) is 3.40. The minimum Gasteiger partial charge on any atom is -0.359 e. The summed E-state index contributed by atoms with van der Waals surface area (Å²) in [5.74, 6) is 1.90. The highest BCUT2D eigenvalue weighted by molar-refractivity contribution is 5.75. The van der Waals surface area contributed by atoms with Crippen molar-refractivity contribution >= 4 is 6.03 Å². The molecule has 0 aromatic carbocycles. The van der Waals surface area contributed by atoms with Crippen LogP contribution < -0.4 is 5.32 Å². The van der Waals surface area contributed by atoms with E-state index >= 15 is 0 Å². The SMILES string of the molecule is Cc1cc(C2CCCN2C(=O)NCc2nc(-c3ccncc3)n[nH]2)on1. The quantitative estimate of drug-likeness (QED) is 0.743. The van der Waals surface area contributed by atoms with Crippen molar-refractivity contribution in [3.63, 3.8) is 0 Å². The van der Waals surface area contributed by atoms with E-state index in [9.17, 15) is 4.79 Å². The standard InChI is InChI=1S/C17H19N7O2/c1-11-9-14(26-23-11)13-3-2-8-24(13)17(25)19-10-15-20-16(22-21-15)12-4-6-18-7-5-12/h4-7,9,13H,2-3,8,10H2,1H3,(H,19,25)(H,20,21,22). The molecule has 0 aliphatic carbocycles. The van der Waals surface area contributed by atoms with Crippen molar-refractivity contribution in [1.82, 2.24) is 35.5 Å². The summed E-state index contributed by atoms with van der Waals surface area (Å²) in [5.41, 5.74) is 1.69. The predicted molar refractivity (Wildman–Crippen MR) is 91.8 cm³/mol. The predicted octanol–water partition coefficient (Wildman–Crippen LogP) is 2.21. The molecule has 1 aliphatic rings. The van der Waals surface area contributed by atoms with Crippen molar-refractivity contribution < 1.29 is 9.32 Å². The Morgan fingerprint density at radius 3 is 3.04 bits per heavy atom. The third kappa shape index (κ3) is 3.28. The number of carbonyl (C=O) groups is 1. The largest absolute Gasteiger partial charge is 0.359 e. The van der Waals surface area contributed by atoms with Crippen LogP contribution in [0.5, 0.6) is 0 Å². The van der Waals surface area contributed by atoms with Gasteiger partial charge in [0.2, 0.25) is 0 Å². The zero-order chi connectivity index (χ0) is 17.9. The molecule has 2 amide bonds. The second-order valence-corrected chi connectivity index (χ2v) is 6.22. The van der Waals surface area contributed by atoms with E-state index in [1.807, 2.05) is 25.1 Å². The number of hydrogen-bond donors (Lipinski definition) is 2. The molecule has 134 valence electrons. The Hall–Kier alpha value is -3.23. The lowest BCUT2D eigenvalue weighted by molar-refractivity contribution is 0.181. The topological polar surface area (TPSA) is 113 Å². The lowest BCUT2D eigenvalue weighted by Gasteiger charge is -2.22. The second kappa shape index (κ2) is 6.95. The fraction of sp³-hybridized carbons (Fsp3) is 0.353. The number of nitrogens with zero attached hydrogens (tertiary/aromatic N) is 5. The van der Waals surface area contributed by atoms with Crippen LogP contribution in [0.3, 0.4) is 0 Å². The number of H-pyrrole nitrogens is 1. The molecular formula is C17H19N7O2. The summed E-state index contributed by atoms with van der Waals surface area (Å²) in [4.78, 5) is 22.7. The van der Waals surface area contributed by atoms with Crippen molar-refractivity contribution in [2.24, 2.45) is 0 Å². The van der Waals surface area contributed by atoms with Crippen molar-refractivity contribution in [3.8, 4) is 11.4 Å². The minimum atomic E-state index is -0.150.